The summed E-state index contributed by atoms with van der Waals surface area (Å²) < 4.78 is 36.2. The average Bonchev–Trinajstić information content (AvgIpc) is 2.13. The highest BCUT2D eigenvalue weighted by molar-refractivity contribution is 9.10. The van der Waals surface area contributed by atoms with Crippen molar-refractivity contribution in [1.29, 1.82) is 0 Å². The van der Waals surface area contributed by atoms with E-state index in [4.69, 9.17) is 0 Å². The maximum Gasteiger partial charge on any atom is 0.441 e. The van der Waals surface area contributed by atoms with Gasteiger partial charge in [-0.05, 0) is 39.8 Å². The number of rotatable bonds is 4. The van der Waals surface area contributed by atoms with Crippen molar-refractivity contribution in [3.63, 3.8) is 0 Å². The van der Waals surface area contributed by atoms with Crippen molar-refractivity contribution in [3.8, 4) is 0 Å². The fraction of sp³-hybridized carbons (Fsp3) is 0.333. The van der Waals surface area contributed by atoms with Crippen LogP contribution in [0, 0.1) is 0 Å². The minimum Gasteiger partial charge on any atom is -0.383 e. The molecule has 0 aromatic heterocycles. The van der Waals surface area contributed by atoms with Crippen LogP contribution in [0.25, 0.3) is 0 Å². The van der Waals surface area contributed by atoms with Crippen LogP contribution in [0.2, 0.25) is 0 Å². The molecule has 0 unspecified atom stereocenters. The summed E-state index contributed by atoms with van der Waals surface area (Å²) in [5.41, 5.74) is -3.34. The van der Waals surface area contributed by atoms with Crippen LogP contribution in [0.3, 0.4) is 0 Å². The largest absolute Gasteiger partial charge is 0.441 e. The SMILES string of the molecule is FC(F)(F)SCCNc1ccccc1Br. The first-order valence-corrected chi connectivity index (χ1v) is 5.96. The highest BCUT2D eigenvalue weighted by Crippen LogP contribution is 2.30. The molecule has 0 amide bonds. The minimum atomic E-state index is -4.14. The van der Waals surface area contributed by atoms with Gasteiger partial charge in [-0.15, -0.1) is 0 Å². The van der Waals surface area contributed by atoms with Gasteiger partial charge in [-0.2, -0.15) is 13.2 Å². The van der Waals surface area contributed by atoms with Gasteiger partial charge in [0.05, 0.1) is 0 Å². The third-order valence-electron chi connectivity index (χ3n) is 1.56. The standard InChI is InChI=1S/C9H9BrF3NS/c10-7-3-1-2-4-8(7)14-5-6-15-9(11,12)13/h1-4,14H,5-6H2. The molecule has 0 fully saturated rings. The van der Waals surface area contributed by atoms with Crippen molar-refractivity contribution in [2.45, 2.75) is 5.51 Å². The van der Waals surface area contributed by atoms with Crippen LogP contribution in [0.4, 0.5) is 18.9 Å². The highest BCUT2D eigenvalue weighted by atomic mass is 79.9. The Bertz CT molecular complexity index is 316. The second-order valence-corrected chi connectivity index (χ2v) is 4.71. The van der Waals surface area contributed by atoms with E-state index >= 15 is 0 Å². The lowest BCUT2D eigenvalue weighted by molar-refractivity contribution is -0.0327. The van der Waals surface area contributed by atoms with Gasteiger partial charge in [0.2, 0.25) is 0 Å². The Hall–Kier alpha value is -0.360. The average molecular weight is 300 g/mol. The Morgan fingerprint density at radius 3 is 2.53 bits per heavy atom. The number of benzene rings is 1. The number of para-hydroxylation sites is 1. The Balaban J connectivity index is 2.30. The van der Waals surface area contributed by atoms with Crippen molar-refractivity contribution in [1.82, 2.24) is 0 Å². The lowest BCUT2D eigenvalue weighted by Crippen LogP contribution is -2.09. The van der Waals surface area contributed by atoms with Crippen LogP contribution in [0.15, 0.2) is 28.7 Å². The van der Waals surface area contributed by atoms with E-state index in [1.807, 2.05) is 24.3 Å². The van der Waals surface area contributed by atoms with Crippen molar-refractivity contribution in [2.24, 2.45) is 0 Å². The lowest BCUT2D eigenvalue weighted by Gasteiger charge is -2.09. The number of thioether (sulfide) groups is 1. The zero-order valence-electron chi connectivity index (χ0n) is 7.64. The van der Waals surface area contributed by atoms with Gasteiger partial charge < -0.3 is 5.32 Å². The third-order valence-corrected chi connectivity index (χ3v) is 2.98. The molecule has 0 heterocycles. The third kappa shape index (κ3) is 5.32. The molecule has 84 valence electrons. The predicted octanol–water partition coefficient (Wildman–Crippen LogP) is 4.11. The first kappa shape index (κ1) is 12.7. The molecule has 0 saturated heterocycles. The maximum absolute atomic E-state index is 11.8. The molecule has 0 aliphatic carbocycles. The Labute approximate surface area is 98.6 Å². The van der Waals surface area contributed by atoms with Gasteiger partial charge in [-0.3, -0.25) is 0 Å². The molecule has 0 aliphatic heterocycles. The summed E-state index contributed by atoms with van der Waals surface area (Å²) in [5.74, 6) is 0.00480. The smallest absolute Gasteiger partial charge is 0.383 e. The monoisotopic (exact) mass is 299 g/mol. The van der Waals surface area contributed by atoms with Crippen LogP contribution >= 0.6 is 27.7 Å². The van der Waals surface area contributed by atoms with E-state index in [2.05, 4.69) is 21.2 Å². The molecular weight excluding hydrogens is 291 g/mol. The van der Waals surface area contributed by atoms with Gasteiger partial charge in [0.15, 0.2) is 0 Å². The first-order chi connectivity index (χ1) is 6.99. The molecule has 0 spiro atoms. The molecule has 1 aromatic rings. The summed E-state index contributed by atoms with van der Waals surface area (Å²) >= 11 is 3.28. The van der Waals surface area contributed by atoms with Gasteiger partial charge in [-0.25, -0.2) is 0 Å². The Morgan fingerprint density at radius 1 is 1.27 bits per heavy atom. The fourth-order valence-electron chi connectivity index (χ4n) is 0.957. The predicted molar refractivity (Wildman–Crippen MR) is 61.1 cm³/mol. The molecule has 15 heavy (non-hydrogen) atoms. The number of anilines is 1. The van der Waals surface area contributed by atoms with E-state index in [0.717, 1.165) is 10.2 Å². The van der Waals surface area contributed by atoms with E-state index in [1.165, 1.54) is 0 Å². The molecule has 1 N–H and O–H groups in total. The zero-order chi connectivity index (χ0) is 11.3. The van der Waals surface area contributed by atoms with E-state index in [1.54, 1.807) is 0 Å². The molecule has 0 atom stereocenters. The summed E-state index contributed by atoms with van der Waals surface area (Å²) in [6.07, 6.45) is 0. The number of nitrogens with one attached hydrogen (secondary N) is 1. The summed E-state index contributed by atoms with van der Waals surface area (Å²) in [4.78, 5) is 0. The number of halogens is 4. The molecule has 0 radical (unpaired) electrons. The van der Waals surface area contributed by atoms with Crippen LogP contribution in [-0.2, 0) is 0 Å². The van der Waals surface area contributed by atoms with E-state index in [0.29, 0.717) is 0 Å². The second kappa shape index (κ2) is 5.65. The van der Waals surface area contributed by atoms with Gasteiger partial charge in [0, 0.05) is 22.5 Å². The van der Waals surface area contributed by atoms with Crippen molar-refractivity contribution in [2.75, 3.05) is 17.6 Å². The van der Waals surface area contributed by atoms with Crippen LogP contribution in [0.5, 0.6) is 0 Å². The summed E-state index contributed by atoms with van der Waals surface area (Å²) in [7, 11) is 0. The van der Waals surface area contributed by atoms with E-state index < -0.39 is 5.51 Å². The lowest BCUT2D eigenvalue weighted by atomic mass is 10.3. The second-order valence-electron chi connectivity index (χ2n) is 2.70. The van der Waals surface area contributed by atoms with Gasteiger partial charge in [0.25, 0.3) is 0 Å². The molecule has 1 nitrogen and oxygen atoms in total. The van der Waals surface area contributed by atoms with Crippen LogP contribution < -0.4 is 5.32 Å². The van der Waals surface area contributed by atoms with E-state index in [9.17, 15) is 13.2 Å². The topological polar surface area (TPSA) is 12.0 Å². The fourth-order valence-corrected chi connectivity index (χ4v) is 1.82. The minimum absolute atomic E-state index is 0.00480. The van der Waals surface area contributed by atoms with E-state index in [-0.39, 0.29) is 24.1 Å². The molecule has 0 bridgehead atoms. The molecular formula is C9H9BrF3NS. The van der Waals surface area contributed by atoms with Gasteiger partial charge in [-0.1, -0.05) is 12.1 Å². The molecule has 6 heteroatoms. The summed E-state index contributed by atoms with van der Waals surface area (Å²) in [6.45, 7) is 0.285. The Morgan fingerprint density at radius 2 is 1.93 bits per heavy atom. The van der Waals surface area contributed by atoms with Crippen molar-refractivity contribution >= 4 is 33.4 Å². The van der Waals surface area contributed by atoms with Crippen molar-refractivity contribution in [3.05, 3.63) is 28.7 Å². The molecule has 0 saturated carbocycles. The first-order valence-electron chi connectivity index (χ1n) is 4.18. The van der Waals surface area contributed by atoms with Gasteiger partial charge in [0.1, 0.15) is 0 Å². The zero-order valence-corrected chi connectivity index (χ0v) is 10.0. The Kier molecular flexibility index (Phi) is 4.79. The maximum atomic E-state index is 11.8. The number of hydrogen-bond acceptors (Lipinski definition) is 2. The number of hydrogen-bond donors (Lipinski definition) is 1. The molecule has 0 aliphatic rings. The normalized spacial score (nSPS) is 11.5. The van der Waals surface area contributed by atoms with Crippen LogP contribution in [0.1, 0.15) is 0 Å². The van der Waals surface area contributed by atoms with Gasteiger partial charge >= 0.3 is 5.51 Å². The number of alkyl halides is 3. The van der Waals surface area contributed by atoms with Crippen LogP contribution in [-0.4, -0.2) is 17.8 Å². The molecule has 1 aromatic carbocycles. The molecule has 1 rings (SSSR count). The highest BCUT2D eigenvalue weighted by Gasteiger charge is 2.27. The summed E-state index contributed by atoms with van der Waals surface area (Å²) in [5, 5.41) is 2.92. The summed E-state index contributed by atoms with van der Waals surface area (Å²) in [6, 6.07) is 7.31. The quantitative estimate of drug-likeness (QED) is 0.840. The van der Waals surface area contributed by atoms with Crippen molar-refractivity contribution < 1.29 is 13.2 Å².